The minimum absolute atomic E-state index is 0.210. The SMILES string of the molecule is CN(C)c1cncc(C(=O)NS(=O)(=O)C2C[C@@H]3CC[C@H]2C3)c1. The number of sulfonamides is 1. The van der Waals surface area contributed by atoms with Crippen molar-refractivity contribution in [1.29, 1.82) is 0 Å². The number of hydrogen-bond donors (Lipinski definition) is 1. The van der Waals surface area contributed by atoms with E-state index in [1.165, 1.54) is 6.20 Å². The molecule has 0 aromatic carbocycles. The number of anilines is 1. The van der Waals surface area contributed by atoms with Crippen molar-refractivity contribution in [3.8, 4) is 0 Å². The number of carbonyl (C=O) groups excluding carboxylic acids is 1. The molecule has 0 radical (unpaired) electrons. The molecule has 2 saturated carbocycles. The van der Waals surface area contributed by atoms with Gasteiger partial charge in [-0.25, -0.2) is 13.1 Å². The molecule has 1 aromatic heterocycles. The lowest BCUT2D eigenvalue weighted by atomic mass is 10.0. The van der Waals surface area contributed by atoms with E-state index in [-0.39, 0.29) is 11.5 Å². The van der Waals surface area contributed by atoms with Crippen molar-refractivity contribution < 1.29 is 13.2 Å². The molecule has 22 heavy (non-hydrogen) atoms. The Morgan fingerprint density at radius 1 is 1.27 bits per heavy atom. The Balaban J connectivity index is 1.75. The number of hydrogen-bond acceptors (Lipinski definition) is 5. The number of amides is 1. The number of pyridine rings is 1. The smallest absolute Gasteiger partial charge is 0.266 e. The molecule has 2 bridgehead atoms. The summed E-state index contributed by atoms with van der Waals surface area (Å²) >= 11 is 0. The van der Waals surface area contributed by atoms with Gasteiger partial charge in [-0.2, -0.15) is 0 Å². The molecular weight excluding hydrogens is 302 g/mol. The highest BCUT2D eigenvalue weighted by atomic mass is 32.2. The zero-order chi connectivity index (χ0) is 15.9. The monoisotopic (exact) mass is 323 g/mol. The van der Waals surface area contributed by atoms with E-state index in [9.17, 15) is 13.2 Å². The molecule has 1 N–H and O–H groups in total. The van der Waals surface area contributed by atoms with Crippen molar-refractivity contribution in [3.05, 3.63) is 24.0 Å². The molecule has 7 heteroatoms. The minimum Gasteiger partial charge on any atom is -0.376 e. The first-order valence-electron chi connectivity index (χ1n) is 7.55. The Bertz CT molecular complexity index is 687. The second-order valence-electron chi connectivity index (χ2n) is 6.52. The highest BCUT2D eigenvalue weighted by Crippen LogP contribution is 2.47. The van der Waals surface area contributed by atoms with Gasteiger partial charge in [-0.1, -0.05) is 6.42 Å². The van der Waals surface area contributed by atoms with Crippen LogP contribution in [0.1, 0.15) is 36.0 Å². The molecule has 1 unspecified atom stereocenters. The lowest BCUT2D eigenvalue weighted by molar-refractivity contribution is 0.0980. The molecule has 0 spiro atoms. The summed E-state index contributed by atoms with van der Waals surface area (Å²) < 4.78 is 27.2. The van der Waals surface area contributed by atoms with E-state index < -0.39 is 21.2 Å². The summed E-state index contributed by atoms with van der Waals surface area (Å²) in [5, 5.41) is -0.416. The maximum Gasteiger partial charge on any atom is 0.266 e. The molecule has 120 valence electrons. The molecule has 0 aliphatic heterocycles. The third-order valence-electron chi connectivity index (χ3n) is 4.81. The largest absolute Gasteiger partial charge is 0.376 e. The molecule has 6 nitrogen and oxygen atoms in total. The third-order valence-corrected chi connectivity index (χ3v) is 6.65. The highest BCUT2D eigenvalue weighted by Gasteiger charge is 2.46. The molecule has 3 rings (SSSR count). The summed E-state index contributed by atoms with van der Waals surface area (Å²) in [6.07, 6.45) is 6.77. The lowest BCUT2D eigenvalue weighted by Gasteiger charge is -2.22. The van der Waals surface area contributed by atoms with Gasteiger partial charge in [0.1, 0.15) is 0 Å². The van der Waals surface area contributed by atoms with Gasteiger partial charge in [0, 0.05) is 20.3 Å². The lowest BCUT2D eigenvalue weighted by Crippen LogP contribution is -2.40. The normalized spacial score (nSPS) is 26.9. The summed E-state index contributed by atoms with van der Waals surface area (Å²) in [5.74, 6) is 0.126. The first-order valence-corrected chi connectivity index (χ1v) is 9.10. The van der Waals surface area contributed by atoms with E-state index in [1.807, 2.05) is 19.0 Å². The van der Waals surface area contributed by atoms with Crippen LogP contribution in [0.4, 0.5) is 5.69 Å². The Kier molecular flexibility index (Phi) is 3.84. The van der Waals surface area contributed by atoms with Gasteiger partial charge in [0.15, 0.2) is 0 Å². The maximum absolute atomic E-state index is 12.5. The molecule has 2 aliphatic carbocycles. The number of fused-ring (bicyclic) bond motifs is 2. The van der Waals surface area contributed by atoms with Crippen molar-refractivity contribution in [1.82, 2.24) is 9.71 Å². The molecule has 1 amide bonds. The van der Waals surface area contributed by atoms with Crippen LogP contribution in [0.2, 0.25) is 0 Å². The molecule has 1 aromatic rings. The standard InChI is InChI=1S/C15H21N3O3S/c1-18(2)13-7-12(8-16-9-13)15(19)17-22(20,21)14-6-10-3-4-11(14)5-10/h7-11,14H,3-6H2,1-2H3,(H,17,19)/t10-,11+,14?/m1/s1. The van der Waals surface area contributed by atoms with Crippen molar-refractivity contribution in [2.45, 2.75) is 30.9 Å². The Morgan fingerprint density at radius 2 is 2.05 bits per heavy atom. The van der Waals surface area contributed by atoms with Gasteiger partial charge < -0.3 is 4.90 Å². The van der Waals surface area contributed by atoms with E-state index in [0.29, 0.717) is 12.3 Å². The van der Waals surface area contributed by atoms with Crippen LogP contribution >= 0.6 is 0 Å². The van der Waals surface area contributed by atoms with Gasteiger partial charge >= 0.3 is 0 Å². The predicted octanol–water partition coefficient (Wildman–Crippen LogP) is 1.40. The summed E-state index contributed by atoms with van der Waals surface area (Å²) in [6.45, 7) is 0. The topological polar surface area (TPSA) is 79.4 Å². The molecule has 2 aliphatic rings. The average Bonchev–Trinajstić information content (AvgIpc) is 3.10. The fourth-order valence-electron chi connectivity index (χ4n) is 3.63. The fourth-order valence-corrected chi connectivity index (χ4v) is 5.43. The molecule has 0 saturated heterocycles. The van der Waals surface area contributed by atoms with Gasteiger partial charge in [0.05, 0.1) is 22.7 Å². The van der Waals surface area contributed by atoms with Crippen molar-refractivity contribution >= 4 is 21.6 Å². The van der Waals surface area contributed by atoms with Crippen molar-refractivity contribution in [2.75, 3.05) is 19.0 Å². The predicted molar refractivity (Wildman–Crippen MR) is 84.2 cm³/mol. The van der Waals surface area contributed by atoms with Crippen LogP contribution in [-0.2, 0) is 10.0 Å². The Labute approximate surface area is 131 Å². The number of nitrogens with one attached hydrogen (secondary N) is 1. The van der Waals surface area contributed by atoms with E-state index in [4.69, 9.17) is 0 Å². The van der Waals surface area contributed by atoms with Crippen LogP contribution in [-0.4, -0.2) is 38.7 Å². The summed E-state index contributed by atoms with van der Waals surface area (Å²) in [5.41, 5.74) is 1.02. The van der Waals surface area contributed by atoms with Crippen LogP contribution in [0.5, 0.6) is 0 Å². The van der Waals surface area contributed by atoms with Gasteiger partial charge in [0.25, 0.3) is 5.91 Å². The van der Waals surface area contributed by atoms with Gasteiger partial charge in [0.2, 0.25) is 10.0 Å². The number of nitrogens with zero attached hydrogens (tertiary/aromatic N) is 2. The van der Waals surface area contributed by atoms with E-state index in [1.54, 1.807) is 12.3 Å². The number of carbonyl (C=O) groups is 1. The van der Waals surface area contributed by atoms with Crippen molar-refractivity contribution in [3.63, 3.8) is 0 Å². The van der Waals surface area contributed by atoms with Crippen LogP contribution in [0.25, 0.3) is 0 Å². The summed E-state index contributed by atoms with van der Waals surface area (Å²) in [4.78, 5) is 18.1. The van der Waals surface area contributed by atoms with Crippen LogP contribution in [0, 0.1) is 11.8 Å². The van der Waals surface area contributed by atoms with E-state index in [0.717, 1.165) is 24.9 Å². The Morgan fingerprint density at radius 3 is 2.64 bits per heavy atom. The zero-order valence-electron chi connectivity index (χ0n) is 12.8. The molecular formula is C15H21N3O3S. The van der Waals surface area contributed by atoms with Crippen LogP contribution in [0.3, 0.4) is 0 Å². The van der Waals surface area contributed by atoms with Crippen LogP contribution < -0.4 is 9.62 Å². The first-order chi connectivity index (χ1) is 10.4. The van der Waals surface area contributed by atoms with Gasteiger partial charge in [-0.3, -0.25) is 9.78 Å². The fraction of sp³-hybridized carbons (Fsp3) is 0.600. The minimum atomic E-state index is -3.61. The van der Waals surface area contributed by atoms with E-state index in [2.05, 4.69) is 9.71 Å². The maximum atomic E-state index is 12.5. The second-order valence-corrected chi connectivity index (χ2v) is 8.42. The average molecular weight is 323 g/mol. The summed E-state index contributed by atoms with van der Waals surface area (Å²) in [6, 6.07) is 1.64. The quantitative estimate of drug-likeness (QED) is 0.906. The zero-order valence-corrected chi connectivity index (χ0v) is 13.6. The van der Waals surface area contributed by atoms with Gasteiger partial charge in [-0.05, 0) is 37.2 Å². The third kappa shape index (κ3) is 2.82. The molecule has 3 atom stereocenters. The number of aromatic nitrogens is 1. The molecule has 2 fully saturated rings. The Hall–Kier alpha value is -1.63. The summed E-state index contributed by atoms with van der Waals surface area (Å²) in [7, 11) is 0.0637. The second kappa shape index (κ2) is 5.53. The molecule has 1 heterocycles. The first kappa shape index (κ1) is 15.3. The van der Waals surface area contributed by atoms with Crippen LogP contribution in [0.15, 0.2) is 18.5 Å². The van der Waals surface area contributed by atoms with E-state index >= 15 is 0 Å². The highest BCUT2D eigenvalue weighted by molar-refractivity contribution is 7.90. The van der Waals surface area contributed by atoms with Crippen molar-refractivity contribution in [2.24, 2.45) is 11.8 Å². The van der Waals surface area contributed by atoms with Gasteiger partial charge in [-0.15, -0.1) is 0 Å². The number of rotatable bonds is 4.